The lowest BCUT2D eigenvalue weighted by molar-refractivity contribution is 0.280. The van der Waals surface area contributed by atoms with Crippen molar-refractivity contribution in [2.75, 3.05) is 6.54 Å². The van der Waals surface area contributed by atoms with Crippen molar-refractivity contribution in [2.45, 2.75) is 13.2 Å². The number of ether oxygens (including phenoxy) is 1. The number of nitrogens with two attached hydrogens (primary N) is 1. The summed E-state index contributed by atoms with van der Waals surface area (Å²) in [5.41, 5.74) is 7.25. The molecule has 0 unspecified atom stereocenters. The molecule has 0 spiro atoms. The molecule has 0 saturated carbocycles. The van der Waals surface area contributed by atoms with Crippen LogP contribution in [0.4, 0.5) is 4.39 Å². The molecule has 3 nitrogen and oxygen atoms in total. The number of halogens is 1. The van der Waals surface area contributed by atoms with Gasteiger partial charge in [-0.05, 0) is 35.4 Å². The van der Waals surface area contributed by atoms with Crippen molar-refractivity contribution in [2.24, 2.45) is 5.73 Å². The highest BCUT2D eigenvalue weighted by atomic mass is 19.1. The summed E-state index contributed by atoms with van der Waals surface area (Å²) < 4.78 is 19.1. The summed E-state index contributed by atoms with van der Waals surface area (Å²) in [4.78, 5) is 0. The Morgan fingerprint density at radius 1 is 1.10 bits per heavy atom. The highest BCUT2D eigenvalue weighted by Crippen LogP contribution is 2.16. The Morgan fingerprint density at radius 2 is 1.81 bits per heavy atom. The summed E-state index contributed by atoms with van der Waals surface area (Å²) >= 11 is 0. The average Bonchev–Trinajstić information content (AvgIpc) is 2.53. The van der Waals surface area contributed by atoms with Crippen molar-refractivity contribution >= 4 is 0 Å². The maximum atomic E-state index is 13.5. The topological polar surface area (TPSA) is 55.5 Å². The van der Waals surface area contributed by atoms with E-state index in [2.05, 4.69) is 11.8 Å². The third-order valence-corrected chi connectivity index (χ3v) is 2.87. The highest BCUT2D eigenvalue weighted by Gasteiger charge is 2.02. The quantitative estimate of drug-likeness (QED) is 0.847. The van der Waals surface area contributed by atoms with Gasteiger partial charge in [0.15, 0.2) is 0 Å². The van der Waals surface area contributed by atoms with Crippen LogP contribution in [-0.2, 0) is 13.2 Å². The monoisotopic (exact) mass is 285 g/mol. The second kappa shape index (κ2) is 7.44. The van der Waals surface area contributed by atoms with Gasteiger partial charge >= 0.3 is 0 Å². The largest absolute Gasteiger partial charge is 0.489 e. The van der Waals surface area contributed by atoms with Crippen LogP contribution in [0.1, 0.15) is 16.7 Å². The van der Waals surface area contributed by atoms with Crippen molar-refractivity contribution in [1.29, 1.82) is 0 Å². The predicted molar refractivity (Wildman–Crippen MR) is 79.0 cm³/mol. The fourth-order valence-corrected chi connectivity index (χ4v) is 1.76. The lowest BCUT2D eigenvalue weighted by atomic mass is 10.1. The Kier molecular flexibility index (Phi) is 5.33. The molecule has 2 aromatic carbocycles. The Labute approximate surface area is 123 Å². The Morgan fingerprint density at radius 3 is 2.48 bits per heavy atom. The zero-order valence-corrected chi connectivity index (χ0v) is 11.5. The minimum atomic E-state index is -0.369. The molecule has 0 bridgehead atoms. The van der Waals surface area contributed by atoms with Gasteiger partial charge in [0.2, 0.25) is 0 Å². The maximum absolute atomic E-state index is 13.5. The number of hydrogen-bond acceptors (Lipinski definition) is 3. The molecule has 2 rings (SSSR count). The molecule has 0 aliphatic rings. The molecule has 3 N–H and O–H groups in total. The molecule has 2 aromatic rings. The molecular formula is C17H16FNO2. The Balaban J connectivity index is 2.05. The first-order valence-corrected chi connectivity index (χ1v) is 6.53. The third-order valence-electron chi connectivity index (χ3n) is 2.87. The number of aliphatic hydroxyl groups is 1. The molecule has 0 saturated heterocycles. The van der Waals surface area contributed by atoms with Gasteiger partial charge < -0.3 is 15.6 Å². The number of rotatable bonds is 4. The molecule has 0 aromatic heterocycles. The van der Waals surface area contributed by atoms with Crippen LogP contribution in [0, 0.1) is 17.7 Å². The van der Waals surface area contributed by atoms with E-state index in [9.17, 15) is 4.39 Å². The molecule has 21 heavy (non-hydrogen) atoms. The zero-order valence-electron chi connectivity index (χ0n) is 11.5. The minimum absolute atomic E-state index is 0.00140. The van der Waals surface area contributed by atoms with Crippen molar-refractivity contribution in [3.05, 3.63) is 65.0 Å². The van der Waals surface area contributed by atoms with Crippen molar-refractivity contribution in [3.8, 4) is 17.6 Å². The average molecular weight is 285 g/mol. The molecular weight excluding hydrogens is 269 g/mol. The van der Waals surface area contributed by atoms with Crippen molar-refractivity contribution < 1.29 is 14.2 Å². The van der Waals surface area contributed by atoms with Gasteiger partial charge in [-0.2, -0.15) is 0 Å². The fraction of sp³-hybridized carbons (Fsp3) is 0.176. The van der Waals surface area contributed by atoms with Gasteiger partial charge in [0.25, 0.3) is 0 Å². The molecule has 0 fully saturated rings. The summed E-state index contributed by atoms with van der Waals surface area (Å²) in [5.74, 6) is 5.64. The fourth-order valence-electron chi connectivity index (χ4n) is 1.76. The van der Waals surface area contributed by atoms with Crippen LogP contribution in [0.5, 0.6) is 5.75 Å². The van der Waals surface area contributed by atoms with E-state index in [1.54, 1.807) is 36.4 Å². The van der Waals surface area contributed by atoms with Gasteiger partial charge in [-0.3, -0.25) is 0 Å². The normalized spacial score (nSPS) is 9.86. The van der Waals surface area contributed by atoms with Gasteiger partial charge in [-0.15, -0.1) is 0 Å². The van der Waals surface area contributed by atoms with Crippen molar-refractivity contribution in [1.82, 2.24) is 0 Å². The second-order valence-corrected chi connectivity index (χ2v) is 4.41. The van der Waals surface area contributed by atoms with E-state index in [1.165, 1.54) is 6.07 Å². The van der Waals surface area contributed by atoms with Crippen LogP contribution in [0.15, 0.2) is 42.5 Å². The van der Waals surface area contributed by atoms with Gasteiger partial charge in [0.05, 0.1) is 18.7 Å². The third kappa shape index (κ3) is 4.32. The zero-order chi connectivity index (χ0) is 15.1. The molecule has 0 heterocycles. The smallest absolute Gasteiger partial charge is 0.138 e. The van der Waals surface area contributed by atoms with E-state index >= 15 is 0 Å². The molecule has 4 heteroatoms. The lowest BCUT2D eigenvalue weighted by Gasteiger charge is -2.07. The molecule has 0 aliphatic heterocycles. The second-order valence-electron chi connectivity index (χ2n) is 4.41. The summed E-state index contributed by atoms with van der Waals surface area (Å²) in [5, 5.41) is 8.97. The Bertz CT molecular complexity index is 657. The van der Waals surface area contributed by atoms with Crippen LogP contribution < -0.4 is 10.5 Å². The molecule has 0 atom stereocenters. The van der Waals surface area contributed by atoms with E-state index in [0.717, 1.165) is 11.1 Å². The first-order chi connectivity index (χ1) is 10.2. The van der Waals surface area contributed by atoms with Crippen LogP contribution in [0.25, 0.3) is 0 Å². The number of hydrogen-bond donors (Lipinski definition) is 2. The SMILES string of the molecule is NCC#Cc1cc(COc2ccc(CO)cc2)ccc1F. The highest BCUT2D eigenvalue weighted by molar-refractivity contribution is 5.38. The van der Waals surface area contributed by atoms with Gasteiger partial charge in [-0.25, -0.2) is 4.39 Å². The van der Waals surface area contributed by atoms with Crippen LogP contribution in [0.3, 0.4) is 0 Å². The lowest BCUT2D eigenvalue weighted by Crippen LogP contribution is -1.98. The maximum Gasteiger partial charge on any atom is 0.138 e. The van der Waals surface area contributed by atoms with E-state index in [0.29, 0.717) is 17.9 Å². The van der Waals surface area contributed by atoms with Gasteiger partial charge in [-0.1, -0.05) is 30.0 Å². The van der Waals surface area contributed by atoms with Crippen LogP contribution in [-0.4, -0.2) is 11.7 Å². The standard InChI is InChI=1S/C17H16FNO2/c18-17-8-5-14(10-15(17)2-1-9-19)12-21-16-6-3-13(11-20)4-7-16/h3-8,10,20H,9,11-12,19H2. The summed E-state index contributed by atoms with van der Waals surface area (Å²) in [7, 11) is 0. The van der Waals surface area contributed by atoms with E-state index in [-0.39, 0.29) is 19.0 Å². The molecule has 0 aliphatic carbocycles. The first-order valence-electron chi connectivity index (χ1n) is 6.53. The first kappa shape index (κ1) is 15.0. The number of aliphatic hydroxyl groups excluding tert-OH is 1. The minimum Gasteiger partial charge on any atom is -0.489 e. The van der Waals surface area contributed by atoms with E-state index in [1.807, 2.05) is 0 Å². The summed E-state index contributed by atoms with van der Waals surface area (Å²) in [6.07, 6.45) is 0. The van der Waals surface area contributed by atoms with Crippen LogP contribution >= 0.6 is 0 Å². The van der Waals surface area contributed by atoms with E-state index in [4.69, 9.17) is 15.6 Å². The molecule has 0 radical (unpaired) electrons. The Hall–Kier alpha value is -2.35. The van der Waals surface area contributed by atoms with Crippen LogP contribution in [0.2, 0.25) is 0 Å². The molecule has 0 amide bonds. The van der Waals surface area contributed by atoms with Gasteiger partial charge in [0, 0.05) is 0 Å². The number of benzene rings is 2. The summed E-state index contributed by atoms with van der Waals surface area (Å²) in [6, 6.07) is 11.8. The molecule has 108 valence electrons. The van der Waals surface area contributed by atoms with E-state index < -0.39 is 0 Å². The predicted octanol–water partition coefficient (Wildman–Crippen LogP) is 2.21. The van der Waals surface area contributed by atoms with Gasteiger partial charge in [0.1, 0.15) is 18.2 Å². The van der Waals surface area contributed by atoms with Crippen molar-refractivity contribution in [3.63, 3.8) is 0 Å². The summed E-state index contributed by atoms with van der Waals surface area (Å²) in [6.45, 7) is 0.509.